The van der Waals surface area contributed by atoms with Crippen LogP contribution in [0.5, 0.6) is 0 Å². The maximum Gasteiger partial charge on any atom is 0.183 e. The topological polar surface area (TPSA) is 36.9 Å². The van der Waals surface area contributed by atoms with Crippen molar-refractivity contribution in [3.05, 3.63) is 35.9 Å². The minimum atomic E-state index is -0.424. The molecule has 0 N–H and O–H groups in total. The second-order valence-corrected chi connectivity index (χ2v) is 4.72. The summed E-state index contributed by atoms with van der Waals surface area (Å²) in [5.74, 6) is 0. The molecule has 1 aliphatic heterocycles. The lowest BCUT2D eigenvalue weighted by molar-refractivity contribution is -0.265. The minimum Gasteiger partial charge on any atom is -0.376 e. The molecule has 4 nitrogen and oxygen atoms in total. The van der Waals surface area contributed by atoms with E-state index in [1.54, 1.807) is 7.11 Å². The predicted molar refractivity (Wildman–Crippen MR) is 71.8 cm³/mol. The average molecular weight is 267 g/mol. The van der Waals surface area contributed by atoms with Crippen molar-refractivity contribution in [3.8, 4) is 0 Å². The van der Waals surface area contributed by atoms with Crippen molar-refractivity contribution in [2.45, 2.75) is 44.6 Å². The van der Waals surface area contributed by atoms with Gasteiger partial charge in [0.05, 0.1) is 20.2 Å². The minimum absolute atomic E-state index is 0.0573. The van der Waals surface area contributed by atoms with Gasteiger partial charge in [0, 0.05) is 20.6 Å². The van der Waals surface area contributed by atoms with Crippen molar-refractivity contribution in [3.63, 3.8) is 0 Å². The first kappa shape index (κ1) is 13.1. The Morgan fingerprint density at radius 2 is 2.05 bits per heavy atom. The Labute approximate surface area is 116 Å². The third-order valence-electron chi connectivity index (χ3n) is 3.39. The molecule has 1 unspecified atom stereocenters. The van der Waals surface area contributed by atoms with Crippen molar-refractivity contribution in [2.75, 3.05) is 14.2 Å². The maximum atomic E-state index is 7.18. The highest BCUT2D eigenvalue weighted by molar-refractivity contribution is 5.13. The van der Waals surface area contributed by atoms with E-state index >= 15 is 0 Å². The van der Waals surface area contributed by atoms with Gasteiger partial charge in [-0.05, 0) is 12.5 Å². The summed E-state index contributed by atoms with van der Waals surface area (Å²) >= 11 is 0. The highest BCUT2D eigenvalue weighted by Crippen LogP contribution is 2.25. The Hall–Kier alpha value is -0.940. The van der Waals surface area contributed by atoms with E-state index in [9.17, 15) is 0 Å². The van der Waals surface area contributed by atoms with E-state index in [2.05, 4.69) is 0 Å². The molecule has 4 heteroatoms. The van der Waals surface area contributed by atoms with E-state index in [1.807, 2.05) is 37.3 Å². The Morgan fingerprint density at radius 1 is 1.26 bits per heavy atom. The maximum absolute atomic E-state index is 7.18. The lowest BCUT2D eigenvalue weighted by atomic mass is 10.0. The van der Waals surface area contributed by atoms with Crippen LogP contribution in [-0.4, -0.2) is 38.8 Å². The lowest BCUT2D eigenvalue weighted by Gasteiger charge is -2.38. The number of hydrogen-bond donors (Lipinski definition) is 0. The molecule has 1 heterocycles. The molecule has 0 saturated carbocycles. The Kier molecular flexibility index (Phi) is 4.82. The first-order valence-corrected chi connectivity index (χ1v) is 6.49. The molecule has 1 aromatic rings. The smallest absolute Gasteiger partial charge is 0.183 e. The molecular formula is C15H22O4. The van der Waals surface area contributed by atoms with Gasteiger partial charge in [-0.15, -0.1) is 0 Å². The molecule has 1 saturated heterocycles. The lowest BCUT2D eigenvalue weighted by Crippen LogP contribution is -2.48. The third-order valence-corrected chi connectivity index (χ3v) is 3.39. The normalized spacial score (nSPS) is 32.0. The second kappa shape index (κ2) is 7.01. The highest BCUT2D eigenvalue weighted by atomic mass is 16.7. The van der Waals surface area contributed by atoms with Crippen molar-refractivity contribution in [1.29, 1.82) is 0 Å². The fourth-order valence-corrected chi connectivity index (χ4v) is 2.25. The zero-order valence-electron chi connectivity index (χ0n) is 12.5. The number of ether oxygens (including phenoxy) is 4. The van der Waals surface area contributed by atoms with Crippen LogP contribution < -0.4 is 0 Å². The van der Waals surface area contributed by atoms with E-state index in [1.165, 1.54) is 0 Å². The van der Waals surface area contributed by atoms with Gasteiger partial charge in [-0.25, -0.2) is 0 Å². The van der Waals surface area contributed by atoms with E-state index < -0.39 is 6.29 Å². The number of benzene rings is 1. The molecule has 19 heavy (non-hydrogen) atoms. The Morgan fingerprint density at radius 3 is 2.74 bits per heavy atom. The van der Waals surface area contributed by atoms with Crippen LogP contribution in [-0.2, 0) is 25.6 Å². The van der Waals surface area contributed by atoms with Crippen molar-refractivity contribution >= 4 is 0 Å². The second-order valence-electron chi connectivity index (χ2n) is 4.72. The first-order valence-electron chi connectivity index (χ1n) is 7.20. The molecule has 2 rings (SSSR count). The molecule has 0 amide bonds. The monoisotopic (exact) mass is 267 g/mol. The molecule has 4 atom stereocenters. The summed E-state index contributed by atoms with van der Waals surface area (Å²) in [7, 11) is 1.48. The van der Waals surface area contributed by atoms with Crippen LogP contribution >= 0.6 is 0 Å². The largest absolute Gasteiger partial charge is 0.376 e. The van der Waals surface area contributed by atoms with E-state index in [0.717, 1.165) is 5.56 Å². The van der Waals surface area contributed by atoms with Crippen LogP contribution in [0.2, 0.25) is 0 Å². The van der Waals surface area contributed by atoms with E-state index in [4.69, 9.17) is 20.3 Å². The van der Waals surface area contributed by atoms with Gasteiger partial charge in [-0.1, -0.05) is 30.3 Å². The van der Waals surface area contributed by atoms with Gasteiger partial charge in [0.25, 0.3) is 0 Å². The highest BCUT2D eigenvalue weighted by Gasteiger charge is 2.36. The fraction of sp³-hybridized carbons (Fsp3) is 0.600. The van der Waals surface area contributed by atoms with Crippen molar-refractivity contribution < 1.29 is 20.3 Å². The summed E-state index contributed by atoms with van der Waals surface area (Å²) in [5, 5.41) is 0. The van der Waals surface area contributed by atoms with Crippen molar-refractivity contribution in [2.24, 2.45) is 0 Å². The quantitative estimate of drug-likeness (QED) is 0.820. The zero-order valence-corrected chi connectivity index (χ0v) is 11.5. The van der Waals surface area contributed by atoms with Crippen LogP contribution in [0.1, 0.15) is 20.3 Å². The molecule has 0 bridgehead atoms. The van der Waals surface area contributed by atoms with Gasteiger partial charge < -0.3 is 18.9 Å². The Balaban J connectivity index is 1.90. The fourth-order valence-electron chi connectivity index (χ4n) is 2.25. The molecule has 0 aromatic heterocycles. The van der Waals surface area contributed by atoms with E-state index in [-0.39, 0.29) is 25.4 Å². The van der Waals surface area contributed by atoms with Gasteiger partial charge in [0.15, 0.2) is 6.29 Å². The molecule has 0 radical (unpaired) electrons. The standard InChI is InChI=1S/C15H22O4/c1-11-13(9-14(16-2)15(17-3)19-11)18-10-12-7-5-4-6-8-12/h4-8,11,13-15H,9-10H2,1-3H3/t11-,13+,14-,15?/m1/s1/i2D. The summed E-state index contributed by atoms with van der Waals surface area (Å²) in [4.78, 5) is 0. The van der Waals surface area contributed by atoms with Gasteiger partial charge in [0.2, 0.25) is 0 Å². The van der Waals surface area contributed by atoms with Crippen LogP contribution in [0.25, 0.3) is 0 Å². The summed E-state index contributed by atoms with van der Waals surface area (Å²) in [6.07, 6.45) is -0.125. The van der Waals surface area contributed by atoms with Crippen molar-refractivity contribution in [1.82, 2.24) is 0 Å². The van der Waals surface area contributed by atoms with Crippen LogP contribution in [0.3, 0.4) is 0 Å². The SMILES string of the molecule is [2H]CO[C@@H]1C[C@H](OCc2ccccc2)[C@@H](C)OC1OC. The van der Waals surface area contributed by atoms with Gasteiger partial charge in [-0.3, -0.25) is 0 Å². The molecule has 1 aliphatic rings. The molecule has 1 aromatic carbocycles. The zero-order chi connectivity index (χ0) is 14.4. The Bertz CT molecular complexity index is 387. The molecular weight excluding hydrogens is 244 g/mol. The van der Waals surface area contributed by atoms with Gasteiger partial charge >= 0.3 is 0 Å². The summed E-state index contributed by atoms with van der Waals surface area (Å²) in [5.41, 5.74) is 1.13. The van der Waals surface area contributed by atoms with Gasteiger partial charge in [-0.2, -0.15) is 0 Å². The summed E-state index contributed by atoms with van der Waals surface area (Å²) < 4.78 is 29.5. The average Bonchev–Trinajstić information content (AvgIpc) is 2.48. The van der Waals surface area contributed by atoms with E-state index in [0.29, 0.717) is 13.0 Å². The van der Waals surface area contributed by atoms with Crippen LogP contribution in [0.15, 0.2) is 30.3 Å². The molecule has 0 spiro atoms. The predicted octanol–water partition coefficient (Wildman–Crippen LogP) is 2.37. The number of rotatable bonds is 5. The first-order chi connectivity index (χ1) is 9.74. The van der Waals surface area contributed by atoms with Gasteiger partial charge in [0.1, 0.15) is 6.10 Å². The summed E-state index contributed by atoms with van der Waals surface area (Å²) in [6, 6.07) is 10.0. The number of methoxy groups -OCH3 is 2. The van der Waals surface area contributed by atoms with Crippen LogP contribution in [0.4, 0.5) is 0 Å². The molecule has 106 valence electrons. The number of hydrogen-bond acceptors (Lipinski definition) is 4. The summed E-state index contributed by atoms with van der Waals surface area (Å²) in [6.45, 7) is 2.52. The third kappa shape index (κ3) is 3.76. The van der Waals surface area contributed by atoms with Crippen LogP contribution in [0, 0.1) is 0 Å². The molecule has 1 fully saturated rings. The molecule has 0 aliphatic carbocycles.